The van der Waals surface area contributed by atoms with E-state index in [9.17, 15) is 9.59 Å². The summed E-state index contributed by atoms with van der Waals surface area (Å²) in [7, 11) is 0. The maximum atomic E-state index is 11.8. The number of rotatable bonds is 7. The van der Waals surface area contributed by atoms with Crippen LogP contribution in [0.15, 0.2) is 17.5 Å². The van der Waals surface area contributed by atoms with Crippen molar-refractivity contribution in [1.29, 1.82) is 0 Å². The highest BCUT2D eigenvalue weighted by molar-refractivity contribution is 7.12. The van der Waals surface area contributed by atoms with Crippen molar-refractivity contribution in [3.63, 3.8) is 0 Å². The molecule has 1 heterocycles. The van der Waals surface area contributed by atoms with E-state index in [-0.39, 0.29) is 11.6 Å². The minimum Gasteiger partial charge on any atom is -0.381 e. The standard InChI is InChI=1S/C12H16O3S/c1-3-15-7-6-10(13)9(2)12(14)11-5-4-8-16-11/h4-5,8-9H,3,6-7H2,1-2H3. The van der Waals surface area contributed by atoms with Crippen LogP contribution in [0, 0.1) is 5.92 Å². The van der Waals surface area contributed by atoms with Gasteiger partial charge in [0.1, 0.15) is 5.78 Å². The Bertz CT molecular complexity index is 343. The summed E-state index contributed by atoms with van der Waals surface area (Å²) in [6.07, 6.45) is 0.312. The maximum Gasteiger partial charge on any atom is 0.182 e. The number of hydrogen-bond donors (Lipinski definition) is 0. The van der Waals surface area contributed by atoms with E-state index in [0.29, 0.717) is 24.5 Å². The molecule has 1 aromatic heterocycles. The van der Waals surface area contributed by atoms with Gasteiger partial charge in [0.25, 0.3) is 0 Å². The van der Waals surface area contributed by atoms with Gasteiger partial charge in [0.2, 0.25) is 0 Å². The summed E-state index contributed by atoms with van der Waals surface area (Å²) in [5.41, 5.74) is 0. The van der Waals surface area contributed by atoms with Gasteiger partial charge in [-0.05, 0) is 25.3 Å². The lowest BCUT2D eigenvalue weighted by Gasteiger charge is -2.07. The molecular weight excluding hydrogens is 224 g/mol. The normalized spacial score (nSPS) is 12.4. The molecule has 16 heavy (non-hydrogen) atoms. The minimum atomic E-state index is -0.556. The van der Waals surface area contributed by atoms with Crippen molar-refractivity contribution in [2.24, 2.45) is 5.92 Å². The summed E-state index contributed by atoms with van der Waals surface area (Å²) in [5.74, 6) is -0.692. The molecule has 3 nitrogen and oxygen atoms in total. The van der Waals surface area contributed by atoms with Gasteiger partial charge >= 0.3 is 0 Å². The molecule has 0 aromatic carbocycles. The molecule has 0 aliphatic carbocycles. The number of ether oxygens (including phenoxy) is 1. The molecular formula is C12H16O3S. The van der Waals surface area contributed by atoms with E-state index in [1.54, 1.807) is 13.0 Å². The first-order valence-electron chi connectivity index (χ1n) is 5.35. The summed E-state index contributed by atoms with van der Waals surface area (Å²) in [5, 5.41) is 1.84. The Labute approximate surface area is 99.4 Å². The van der Waals surface area contributed by atoms with E-state index < -0.39 is 5.92 Å². The number of hydrogen-bond acceptors (Lipinski definition) is 4. The monoisotopic (exact) mass is 240 g/mol. The van der Waals surface area contributed by atoms with Crippen LogP contribution in [-0.2, 0) is 9.53 Å². The molecule has 0 N–H and O–H groups in total. The second-order valence-electron chi connectivity index (χ2n) is 3.48. The molecule has 1 rings (SSSR count). The molecule has 0 fully saturated rings. The number of carbonyl (C=O) groups excluding carboxylic acids is 2. The molecule has 0 saturated carbocycles. The van der Waals surface area contributed by atoms with Gasteiger partial charge in [-0.15, -0.1) is 11.3 Å². The van der Waals surface area contributed by atoms with Crippen LogP contribution in [0.5, 0.6) is 0 Å². The maximum absolute atomic E-state index is 11.8. The molecule has 0 saturated heterocycles. The molecule has 0 radical (unpaired) electrons. The lowest BCUT2D eigenvalue weighted by atomic mass is 9.98. The van der Waals surface area contributed by atoms with Crippen molar-refractivity contribution < 1.29 is 14.3 Å². The lowest BCUT2D eigenvalue weighted by Crippen LogP contribution is -2.21. The first-order valence-corrected chi connectivity index (χ1v) is 6.23. The van der Waals surface area contributed by atoms with Gasteiger partial charge in [-0.25, -0.2) is 0 Å². The molecule has 0 spiro atoms. The number of Topliss-reactive ketones (excluding diaryl/α,β-unsaturated/α-hetero) is 2. The third kappa shape index (κ3) is 3.54. The first-order chi connectivity index (χ1) is 7.66. The second-order valence-corrected chi connectivity index (χ2v) is 4.42. The van der Waals surface area contributed by atoms with Crippen molar-refractivity contribution in [2.45, 2.75) is 20.3 Å². The van der Waals surface area contributed by atoms with Gasteiger partial charge in [0, 0.05) is 13.0 Å². The van der Waals surface area contributed by atoms with Gasteiger partial charge in [0.15, 0.2) is 5.78 Å². The topological polar surface area (TPSA) is 43.4 Å². The zero-order valence-electron chi connectivity index (χ0n) is 9.56. The van der Waals surface area contributed by atoms with E-state index in [2.05, 4.69) is 0 Å². The third-order valence-electron chi connectivity index (χ3n) is 2.34. The Morgan fingerprint density at radius 1 is 1.50 bits per heavy atom. The van der Waals surface area contributed by atoms with Crippen LogP contribution in [0.4, 0.5) is 0 Å². The molecule has 0 aliphatic rings. The second kappa shape index (κ2) is 6.55. The van der Waals surface area contributed by atoms with Crippen molar-refractivity contribution in [3.8, 4) is 0 Å². The van der Waals surface area contributed by atoms with Crippen LogP contribution >= 0.6 is 11.3 Å². The summed E-state index contributed by atoms with van der Waals surface area (Å²) < 4.78 is 5.10. The zero-order valence-corrected chi connectivity index (χ0v) is 10.4. The van der Waals surface area contributed by atoms with Gasteiger partial charge in [-0.2, -0.15) is 0 Å². The van der Waals surface area contributed by atoms with E-state index in [4.69, 9.17) is 4.74 Å². The summed E-state index contributed by atoms with van der Waals surface area (Å²) in [4.78, 5) is 24.1. The fourth-order valence-corrected chi connectivity index (χ4v) is 2.07. The highest BCUT2D eigenvalue weighted by Gasteiger charge is 2.22. The van der Waals surface area contributed by atoms with E-state index in [0.717, 1.165) is 0 Å². The van der Waals surface area contributed by atoms with Crippen LogP contribution in [0.25, 0.3) is 0 Å². The van der Waals surface area contributed by atoms with E-state index in [1.165, 1.54) is 11.3 Å². The minimum absolute atomic E-state index is 0.0492. The van der Waals surface area contributed by atoms with Crippen molar-refractivity contribution in [2.75, 3.05) is 13.2 Å². The average Bonchev–Trinajstić information content (AvgIpc) is 2.80. The zero-order chi connectivity index (χ0) is 12.0. The largest absolute Gasteiger partial charge is 0.381 e. The Balaban J connectivity index is 2.47. The molecule has 0 aliphatic heterocycles. The molecule has 1 aromatic rings. The molecule has 1 unspecified atom stereocenters. The molecule has 1 atom stereocenters. The van der Waals surface area contributed by atoms with Gasteiger partial charge in [0.05, 0.1) is 17.4 Å². The lowest BCUT2D eigenvalue weighted by molar-refractivity contribution is -0.122. The van der Waals surface area contributed by atoms with Crippen molar-refractivity contribution in [3.05, 3.63) is 22.4 Å². The van der Waals surface area contributed by atoms with Gasteiger partial charge < -0.3 is 4.74 Å². The smallest absolute Gasteiger partial charge is 0.182 e. The highest BCUT2D eigenvalue weighted by atomic mass is 32.1. The quantitative estimate of drug-likeness (QED) is 0.418. The van der Waals surface area contributed by atoms with Crippen LogP contribution in [0.3, 0.4) is 0 Å². The van der Waals surface area contributed by atoms with E-state index in [1.807, 2.05) is 18.4 Å². The third-order valence-corrected chi connectivity index (χ3v) is 3.22. The molecule has 4 heteroatoms. The summed E-state index contributed by atoms with van der Waals surface area (Å²) >= 11 is 1.37. The Morgan fingerprint density at radius 3 is 2.81 bits per heavy atom. The van der Waals surface area contributed by atoms with Gasteiger partial charge in [-0.3, -0.25) is 9.59 Å². The number of ketones is 2. The van der Waals surface area contributed by atoms with Crippen molar-refractivity contribution in [1.82, 2.24) is 0 Å². The highest BCUT2D eigenvalue weighted by Crippen LogP contribution is 2.16. The van der Waals surface area contributed by atoms with Crippen LogP contribution < -0.4 is 0 Å². The van der Waals surface area contributed by atoms with E-state index >= 15 is 0 Å². The van der Waals surface area contributed by atoms with Crippen LogP contribution in [-0.4, -0.2) is 24.8 Å². The molecule has 0 amide bonds. The Kier molecular flexibility index (Phi) is 5.35. The van der Waals surface area contributed by atoms with Crippen LogP contribution in [0.2, 0.25) is 0 Å². The number of thiophene rings is 1. The summed E-state index contributed by atoms with van der Waals surface area (Å²) in [6, 6.07) is 3.56. The van der Waals surface area contributed by atoms with Crippen LogP contribution in [0.1, 0.15) is 29.9 Å². The molecule has 0 bridgehead atoms. The molecule has 88 valence electrons. The average molecular weight is 240 g/mol. The SMILES string of the molecule is CCOCCC(=O)C(C)C(=O)c1cccs1. The first kappa shape index (κ1) is 13.1. The summed E-state index contributed by atoms with van der Waals surface area (Å²) in [6.45, 7) is 4.54. The van der Waals surface area contributed by atoms with Gasteiger partial charge in [-0.1, -0.05) is 6.07 Å². The Morgan fingerprint density at radius 2 is 2.25 bits per heavy atom. The van der Waals surface area contributed by atoms with Crippen molar-refractivity contribution >= 4 is 22.9 Å². The fourth-order valence-electron chi connectivity index (χ4n) is 1.31. The fraction of sp³-hybridized carbons (Fsp3) is 0.500. The predicted octanol–water partition coefficient (Wildman–Crippen LogP) is 2.56. The number of carbonyl (C=O) groups is 2. The predicted molar refractivity (Wildman–Crippen MR) is 63.9 cm³/mol. The Hall–Kier alpha value is -1.000.